The Morgan fingerprint density at radius 3 is 2.80 bits per heavy atom. The van der Waals surface area contributed by atoms with Gasteiger partial charge in [0.25, 0.3) is 0 Å². The summed E-state index contributed by atoms with van der Waals surface area (Å²) in [5.41, 5.74) is 2.42. The molecule has 84 valence electrons. The van der Waals surface area contributed by atoms with Gasteiger partial charge in [0.05, 0.1) is 0 Å². The van der Waals surface area contributed by atoms with E-state index < -0.39 is 10.8 Å². The molecule has 0 radical (unpaired) electrons. The maximum Gasteiger partial charge on any atom is 0.0408 e. The van der Waals surface area contributed by atoms with E-state index in [-0.39, 0.29) is 0 Å². The molecule has 0 fully saturated rings. The summed E-state index contributed by atoms with van der Waals surface area (Å²) in [5, 5.41) is 4.03. The number of hydrogen-bond donors (Lipinski definition) is 1. The van der Waals surface area contributed by atoms with Crippen molar-refractivity contribution in [2.75, 3.05) is 18.6 Å². The number of halogens is 1. The number of aryl methyl sites for hydroxylation is 1. The van der Waals surface area contributed by atoms with Crippen LogP contribution in [0.5, 0.6) is 0 Å². The molecule has 0 saturated carbocycles. The van der Waals surface area contributed by atoms with E-state index >= 15 is 0 Å². The Bertz CT molecular complexity index is 354. The van der Waals surface area contributed by atoms with Crippen molar-refractivity contribution in [2.45, 2.75) is 13.5 Å². The van der Waals surface area contributed by atoms with E-state index in [0.717, 1.165) is 18.1 Å². The van der Waals surface area contributed by atoms with Crippen LogP contribution in [0.3, 0.4) is 0 Å². The second-order valence-electron chi connectivity index (χ2n) is 3.52. The zero-order chi connectivity index (χ0) is 11.3. The van der Waals surface area contributed by atoms with Crippen LogP contribution < -0.4 is 5.32 Å². The van der Waals surface area contributed by atoms with Gasteiger partial charge in [0.2, 0.25) is 0 Å². The molecule has 0 aromatic heterocycles. The minimum Gasteiger partial charge on any atom is -0.312 e. The number of hydrogen-bond acceptors (Lipinski definition) is 2. The molecule has 1 rings (SSSR count). The first kappa shape index (κ1) is 12.7. The fraction of sp³-hybridized carbons (Fsp3) is 0.455. The molecule has 0 saturated heterocycles. The van der Waals surface area contributed by atoms with Gasteiger partial charge in [-0.1, -0.05) is 17.7 Å². The smallest absolute Gasteiger partial charge is 0.0408 e. The molecule has 1 unspecified atom stereocenters. The number of nitrogens with one attached hydrogen (secondary N) is 1. The van der Waals surface area contributed by atoms with Gasteiger partial charge >= 0.3 is 0 Å². The van der Waals surface area contributed by atoms with E-state index in [1.807, 2.05) is 25.1 Å². The first-order valence-electron chi connectivity index (χ1n) is 4.85. The largest absolute Gasteiger partial charge is 0.312 e. The molecule has 0 aliphatic carbocycles. The van der Waals surface area contributed by atoms with Gasteiger partial charge in [0.1, 0.15) is 0 Å². The van der Waals surface area contributed by atoms with Gasteiger partial charge in [-0.05, 0) is 30.2 Å². The van der Waals surface area contributed by atoms with Crippen LogP contribution in [0.2, 0.25) is 5.02 Å². The molecule has 0 heterocycles. The molecule has 0 spiro atoms. The minimum atomic E-state index is -0.716. The lowest BCUT2D eigenvalue weighted by molar-refractivity contribution is 0.676. The Balaban J connectivity index is 2.40. The molecule has 0 aliphatic heterocycles. The van der Waals surface area contributed by atoms with Crippen LogP contribution >= 0.6 is 11.6 Å². The van der Waals surface area contributed by atoms with Gasteiger partial charge in [-0.15, -0.1) is 0 Å². The summed E-state index contributed by atoms with van der Waals surface area (Å²) < 4.78 is 10.8. The van der Waals surface area contributed by atoms with Gasteiger partial charge in [-0.2, -0.15) is 0 Å². The molecule has 1 aromatic carbocycles. The Kier molecular flexibility index (Phi) is 5.29. The molecular formula is C11H16ClNOS. The summed E-state index contributed by atoms with van der Waals surface area (Å²) in [6, 6.07) is 5.87. The molecule has 1 aromatic rings. The zero-order valence-electron chi connectivity index (χ0n) is 9.05. The lowest BCUT2D eigenvalue weighted by Crippen LogP contribution is -2.20. The summed E-state index contributed by atoms with van der Waals surface area (Å²) in [5.74, 6) is 0.701. The van der Waals surface area contributed by atoms with E-state index in [9.17, 15) is 4.21 Å². The van der Waals surface area contributed by atoms with Gasteiger partial charge in [0, 0.05) is 40.9 Å². The predicted molar refractivity (Wildman–Crippen MR) is 66.8 cm³/mol. The minimum absolute atomic E-state index is 0.701. The standard InChI is InChI=1S/C11H16ClNOS/c1-9-7-11(12)4-3-10(9)8-13-5-6-15(2)14/h3-4,7,13H,5-6,8H2,1-2H3. The molecular weight excluding hydrogens is 230 g/mol. The van der Waals surface area contributed by atoms with Crippen molar-refractivity contribution in [3.8, 4) is 0 Å². The Morgan fingerprint density at radius 1 is 1.47 bits per heavy atom. The lowest BCUT2D eigenvalue weighted by Gasteiger charge is -2.07. The summed E-state index contributed by atoms with van der Waals surface area (Å²) in [6.45, 7) is 3.63. The van der Waals surface area contributed by atoms with Crippen molar-refractivity contribution in [1.82, 2.24) is 5.32 Å². The topological polar surface area (TPSA) is 29.1 Å². The molecule has 4 heteroatoms. The lowest BCUT2D eigenvalue weighted by atomic mass is 10.1. The predicted octanol–water partition coefficient (Wildman–Crippen LogP) is 2.12. The summed E-state index contributed by atoms with van der Waals surface area (Å²) in [4.78, 5) is 0. The van der Waals surface area contributed by atoms with Crippen LogP contribution in [0.25, 0.3) is 0 Å². The SMILES string of the molecule is Cc1cc(Cl)ccc1CNCCS(C)=O. The second-order valence-corrected chi connectivity index (χ2v) is 5.52. The van der Waals surface area contributed by atoms with Crippen LogP contribution in [0, 0.1) is 6.92 Å². The van der Waals surface area contributed by atoms with Crippen LogP contribution in [0.4, 0.5) is 0 Å². The first-order valence-corrected chi connectivity index (χ1v) is 6.96. The fourth-order valence-electron chi connectivity index (χ4n) is 1.30. The van der Waals surface area contributed by atoms with Crippen molar-refractivity contribution < 1.29 is 4.21 Å². The van der Waals surface area contributed by atoms with Gasteiger partial charge in [-0.25, -0.2) is 0 Å². The third-order valence-electron chi connectivity index (χ3n) is 2.19. The molecule has 1 atom stereocenters. The highest BCUT2D eigenvalue weighted by atomic mass is 35.5. The third-order valence-corrected chi connectivity index (χ3v) is 3.20. The van der Waals surface area contributed by atoms with Crippen LogP contribution in [-0.2, 0) is 17.3 Å². The van der Waals surface area contributed by atoms with Crippen molar-refractivity contribution in [2.24, 2.45) is 0 Å². The summed E-state index contributed by atoms with van der Waals surface area (Å²) in [7, 11) is -0.716. The van der Waals surface area contributed by atoms with Crippen LogP contribution in [-0.4, -0.2) is 22.8 Å². The van der Waals surface area contributed by atoms with Crippen LogP contribution in [0.1, 0.15) is 11.1 Å². The highest BCUT2D eigenvalue weighted by Gasteiger charge is 1.98. The maximum atomic E-state index is 10.8. The number of benzene rings is 1. The summed E-state index contributed by atoms with van der Waals surface area (Å²) in [6.07, 6.45) is 1.72. The quantitative estimate of drug-likeness (QED) is 0.806. The molecule has 2 nitrogen and oxygen atoms in total. The van der Waals surface area contributed by atoms with Gasteiger partial charge in [0.15, 0.2) is 0 Å². The average molecular weight is 246 g/mol. The zero-order valence-corrected chi connectivity index (χ0v) is 10.6. The van der Waals surface area contributed by atoms with Gasteiger partial charge in [-0.3, -0.25) is 4.21 Å². The Hall–Kier alpha value is -0.380. The van der Waals surface area contributed by atoms with Gasteiger partial charge < -0.3 is 5.32 Å². The highest BCUT2D eigenvalue weighted by Crippen LogP contribution is 2.14. The van der Waals surface area contributed by atoms with Crippen LogP contribution in [0.15, 0.2) is 18.2 Å². The second kappa shape index (κ2) is 6.26. The van der Waals surface area contributed by atoms with Crippen molar-refractivity contribution in [1.29, 1.82) is 0 Å². The number of rotatable bonds is 5. The maximum absolute atomic E-state index is 10.8. The van der Waals surface area contributed by atoms with Crippen molar-refractivity contribution >= 4 is 22.4 Å². The fourth-order valence-corrected chi connectivity index (χ4v) is 1.96. The molecule has 0 bridgehead atoms. The average Bonchev–Trinajstić information content (AvgIpc) is 2.14. The first-order chi connectivity index (χ1) is 7.09. The third kappa shape index (κ3) is 4.78. The van der Waals surface area contributed by atoms with E-state index in [1.54, 1.807) is 6.26 Å². The van der Waals surface area contributed by atoms with E-state index in [2.05, 4.69) is 5.32 Å². The molecule has 0 aliphatic rings. The van der Waals surface area contributed by atoms with E-state index in [1.165, 1.54) is 11.1 Å². The molecule has 15 heavy (non-hydrogen) atoms. The van der Waals surface area contributed by atoms with E-state index in [4.69, 9.17) is 11.6 Å². The normalized spacial score (nSPS) is 12.7. The molecule has 0 amide bonds. The monoisotopic (exact) mass is 245 g/mol. The Morgan fingerprint density at radius 2 is 2.20 bits per heavy atom. The van der Waals surface area contributed by atoms with E-state index in [0.29, 0.717) is 5.75 Å². The highest BCUT2D eigenvalue weighted by molar-refractivity contribution is 7.84. The Labute approximate surface area is 98.5 Å². The van der Waals surface area contributed by atoms with Crippen molar-refractivity contribution in [3.63, 3.8) is 0 Å². The van der Waals surface area contributed by atoms with Crippen molar-refractivity contribution in [3.05, 3.63) is 34.3 Å². The summed E-state index contributed by atoms with van der Waals surface area (Å²) >= 11 is 5.86. The molecule has 1 N–H and O–H groups in total.